The highest BCUT2D eigenvalue weighted by Gasteiger charge is 2.16. The highest BCUT2D eigenvalue weighted by Crippen LogP contribution is 2.23. The molecule has 0 radical (unpaired) electrons. The summed E-state index contributed by atoms with van der Waals surface area (Å²) < 4.78 is 0. The Kier molecular flexibility index (Phi) is 4.18. The summed E-state index contributed by atoms with van der Waals surface area (Å²) in [6, 6.07) is 3.86. The fourth-order valence-corrected chi connectivity index (χ4v) is 2.43. The Morgan fingerprint density at radius 2 is 2.06 bits per heavy atom. The van der Waals surface area contributed by atoms with Gasteiger partial charge in [0.1, 0.15) is 5.69 Å². The topological polar surface area (TPSA) is 45.2 Å². The smallest absolute Gasteiger partial charge is 0.269 e. The van der Waals surface area contributed by atoms with Gasteiger partial charge in [0.05, 0.1) is 11.4 Å². The molecule has 4 heteroatoms. The molecular weight excluding hydrogens is 226 g/mol. The number of pyridine rings is 1. The maximum atomic E-state index is 11.6. The minimum absolute atomic E-state index is 0.116. The number of hydrogen-bond acceptors (Lipinski definition) is 3. The van der Waals surface area contributed by atoms with Gasteiger partial charge in [0, 0.05) is 20.1 Å². The number of anilines is 1. The van der Waals surface area contributed by atoms with Gasteiger partial charge in [-0.25, -0.2) is 4.98 Å². The van der Waals surface area contributed by atoms with Crippen molar-refractivity contribution in [3.05, 3.63) is 23.5 Å². The van der Waals surface area contributed by atoms with Crippen molar-refractivity contribution in [1.29, 1.82) is 0 Å². The van der Waals surface area contributed by atoms with E-state index >= 15 is 0 Å². The number of aryl methyl sites for hydroxylation is 1. The van der Waals surface area contributed by atoms with E-state index in [0.717, 1.165) is 25.2 Å². The Balaban J connectivity index is 2.27. The van der Waals surface area contributed by atoms with E-state index in [4.69, 9.17) is 0 Å². The summed E-state index contributed by atoms with van der Waals surface area (Å²) in [5.41, 5.74) is 2.73. The van der Waals surface area contributed by atoms with E-state index in [1.54, 1.807) is 7.05 Å². The number of piperidine rings is 1. The van der Waals surface area contributed by atoms with Crippen LogP contribution in [0.25, 0.3) is 0 Å². The summed E-state index contributed by atoms with van der Waals surface area (Å²) in [7, 11) is 1.63. The van der Waals surface area contributed by atoms with Crippen LogP contribution in [-0.4, -0.2) is 31.0 Å². The van der Waals surface area contributed by atoms with Crippen molar-refractivity contribution in [2.45, 2.75) is 32.6 Å². The van der Waals surface area contributed by atoms with E-state index in [1.807, 2.05) is 12.1 Å². The monoisotopic (exact) mass is 247 g/mol. The highest BCUT2D eigenvalue weighted by molar-refractivity contribution is 5.92. The number of nitrogens with one attached hydrogen (secondary N) is 1. The van der Waals surface area contributed by atoms with Crippen LogP contribution < -0.4 is 10.2 Å². The van der Waals surface area contributed by atoms with Crippen LogP contribution in [0.15, 0.2) is 12.1 Å². The third-order valence-electron chi connectivity index (χ3n) is 3.44. The first-order valence-corrected chi connectivity index (χ1v) is 6.73. The van der Waals surface area contributed by atoms with Gasteiger partial charge in [-0.05, 0) is 37.8 Å². The van der Waals surface area contributed by atoms with Gasteiger partial charge in [-0.15, -0.1) is 0 Å². The second kappa shape index (κ2) is 5.85. The Morgan fingerprint density at radius 1 is 1.33 bits per heavy atom. The molecule has 1 N–H and O–H groups in total. The number of nitrogens with zero attached hydrogens (tertiary/aromatic N) is 2. The predicted molar refractivity (Wildman–Crippen MR) is 73.1 cm³/mol. The number of rotatable bonds is 3. The molecule has 0 aliphatic carbocycles. The highest BCUT2D eigenvalue weighted by atomic mass is 16.1. The van der Waals surface area contributed by atoms with Gasteiger partial charge in [0.15, 0.2) is 0 Å². The fourth-order valence-electron chi connectivity index (χ4n) is 2.43. The minimum atomic E-state index is -0.116. The fraction of sp³-hybridized carbons (Fsp3) is 0.571. The molecule has 1 fully saturated rings. The quantitative estimate of drug-likeness (QED) is 0.888. The van der Waals surface area contributed by atoms with Crippen molar-refractivity contribution in [3.63, 3.8) is 0 Å². The summed E-state index contributed by atoms with van der Waals surface area (Å²) in [5.74, 6) is -0.116. The van der Waals surface area contributed by atoms with E-state index in [-0.39, 0.29) is 5.91 Å². The lowest BCUT2D eigenvalue weighted by atomic mass is 10.1. The largest absolute Gasteiger partial charge is 0.370 e. The van der Waals surface area contributed by atoms with Gasteiger partial charge in [-0.3, -0.25) is 4.79 Å². The van der Waals surface area contributed by atoms with Gasteiger partial charge in [0.25, 0.3) is 5.91 Å². The summed E-state index contributed by atoms with van der Waals surface area (Å²) in [5, 5.41) is 2.62. The van der Waals surface area contributed by atoms with Gasteiger partial charge in [0.2, 0.25) is 0 Å². The molecule has 0 unspecified atom stereocenters. The molecule has 1 aliphatic heterocycles. The lowest BCUT2D eigenvalue weighted by molar-refractivity contribution is 0.0958. The van der Waals surface area contributed by atoms with Crippen LogP contribution in [0.1, 0.15) is 42.4 Å². The van der Waals surface area contributed by atoms with E-state index < -0.39 is 0 Å². The van der Waals surface area contributed by atoms with Crippen LogP contribution in [0.3, 0.4) is 0 Å². The molecule has 2 rings (SSSR count). The van der Waals surface area contributed by atoms with Crippen molar-refractivity contribution in [1.82, 2.24) is 10.3 Å². The van der Waals surface area contributed by atoms with E-state index in [1.165, 1.54) is 24.9 Å². The first-order valence-electron chi connectivity index (χ1n) is 6.73. The van der Waals surface area contributed by atoms with Crippen LogP contribution >= 0.6 is 0 Å². The Bertz CT molecular complexity index is 425. The third-order valence-corrected chi connectivity index (χ3v) is 3.44. The van der Waals surface area contributed by atoms with Crippen LogP contribution in [-0.2, 0) is 6.42 Å². The number of carbonyl (C=O) groups excluding carboxylic acids is 1. The first kappa shape index (κ1) is 12.9. The molecule has 0 bridgehead atoms. The molecule has 98 valence electrons. The molecule has 18 heavy (non-hydrogen) atoms. The SMILES string of the molecule is CCc1nc(C(=O)NC)ccc1N1CCCCC1. The number of aromatic nitrogens is 1. The van der Waals surface area contributed by atoms with Gasteiger partial charge >= 0.3 is 0 Å². The minimum Gasteiger partial charge on any atom is -0.370 e. The molecule has 0 atom stereocenters. The maximum Gasteiger partial charge on any atom is 0.269 e. The van der Waals surface area contributed by atoms with Gasteiger partial charge < -0.3 is 10.2 Å². The molecule has 4 nitrogen and oxygen atoms in total. The molecule has 0 aromatic carbocycles. The summed E-state index contributed by atoms with van der Waals surface area (Å²) in [4.78, 5) is 18.5. The second-order valence-corrected chi connectivity index (χ2v) is 4.64. The van der Waals surface area contributed by atoms with Crippen LogP contribution in [0.5, 0.6) is 0 Å². The predicted octanol–water partition coefficient (Wildman–Crippen LogP) is 1.99. The van der Waals surface area contributed by atoms with E-state index in [2.05, 4.69) is 22.1 Å². The number of amides is 1. The van der Waals surface area contributed by atoms with Crippen molar-refractivity contribution < 1.29 is 4.79 Å². The Hall–Kier alpha value is -1.58. The van der Waals surface area contributed by atoms with E-state index in [9.17, 15) is 4.79 Å². The molecular formula is C14H21N3O. The zero-order chi connectivity index (χ0) is 13.0. The van der Waals surface area contributed by atoms with Crippen LogP contribution in [0.4, 0.5) is 5.69 Å². The van der Waals surface area contributed by atoms with E-state index in [0.29, 0.717) is 5.69 Å². The molecule has 0 saturated carbocycles. The second-order valence-electron chi connectivity index (χ2n) is 4.64. The van der Waals surface area contributed by atoms with Crippen molar-refractivity contribution in [2.75, 3.05) is 25.0 Å². The average Bonchev–Trinajstić information content (AvgIpc) is 2.46. The summed E-state index contributed by atoms with van der Waals surface area (Å²) in [6.45, 7) is 4.30. The standard InChI is InChI=1S/C14H21N3O/c1-3-11-13(17-9-5-4-6-10-17)8-7-12(16-11)14(18)15-2/h7-8H,3-6,9-10H2,1-2H3,(H,15,18). The first-order chi connectivity index (χ1) is 8.76. The molecule has 0 spiro atoms. The lowest BCUT2D eigenvalue weighted by Gasteiger charge is -2.30. The van der Waals surface area contributed by atoms with Crippen molar-refractivity contribution >= 4 is 11.6 Å². The summed E-state index contributed by atoms with van der Waals surface area (Å²) in [6.07, 6.45) is 4.68. The van der Waals surface area contributed by atoms with Crippen molar-refractivity contribution in [2.24, 2.45) is 0 Å². The molecule has 1 aromatic rings. The molecule has 1 amide bonds. The van der Waals surface area contributed by atoms with Crippen LogP contribution in [0, 0.1) is 0 Å². The van der Waals surface area contributed by atoms with Gasteiger partial charge in [-0.1, -0.05) is 6.92 Å². The van der Waals surface area contributed by atoms with Gasteiger partial charge in [-0.2, -0.15) is 0 Å². The zero-order valence-corrected chi connectivity index (χ0v) is 11.2. The number of hydrogen-bond donors (Lipinski definition) is 1. The number of carbonyl (C=O) groups is 1. The zero-order valence-electron chi connectivity index (χ0n) is 11.2. The molecule has 2 heterocycles. The average molecular weight is 247 g/mol. The third kappa shape index (κ3) is 2.63. The van der Waals surface area contributed by atoms with Crippen molar-refractivity contribution in [3.8, 4) is 0 Å². The van der Waals surface area contributed by atoms with Crippen LogP contribution in [0.2, 0.25) is 0 Å². The molecule has 1 aromatic heterocycles. The molecule has 1 aliphatic rings. The maximum absolute atomic E-state index is 11.6. The molecule has 1 saturated heterocycles. The Labute approximate surface area is 108 Å². The Morgan fingerprint density at radius 3 is 2.67 bits per heavy atom. The normalized spacial score (nSPS) is 15.6. The lowest BCUT2D eigenvalue weighted by Crippen LogP contribution is -2.31. The summed E-state index contributed by atoms with van der Waals surface area (Å²) >= 11 is 0.